The Morgan fingerprint density at radius 2 is 1.93 bits per heavy atom. The first-order valence-corrected chi connectivity index (χ1v) is 10.7. The number of hydrogen-bond donors (Lipinski definition) is 1. The molecule has 2 amide bonds. The number of piperazine rings is 1. The largest absolute Gasteiger partial charge is 0.369 e. The maximum Gasteiger partial charge on any atom is 0.256 e. The Labute approximate surface area is 164 Å². The van der Waals surface area contributed by atoms with Gasteiger partial charge in [-0.2, -0.15) is 0 Å². The number of carbonyl (C=O) groups excluding carboxylic acids is 2. The number of pyridine rings is 1. The highest BCUT2D eigenvalue weighted by Crippen LogP contribution is 2.34. The maximum absolute atomic E-state index is 13.0. The first kappa shape index (κ1) is 20.7. The Bertz CT molecular complexity index is 913. The number of aromatic nitrogens is 1. The van der Waals surface area contributed by atoms with Crippen molar-refractivity contribution in [1.29, 1.82) is 0 Å². The van der Waals surface area contributed by atoms with E-state index in [0.29, 0.717) is 31.6 Å². The lowest BCUT2D eigenvalue weighted by Gasteiger charge is -2.38. The van der Waals surface area contributed by atoms with Crippen LogP contribution in [0.2, 0.25) is 0 Å². The second kappa shape index (κ2) is 7.09. The number of hydrogen-bond acceptors (Lipinski definition) is 6. The van der Waals surface area contributed by atoms with E-state index in [1.165, 1.54) is 13.2 Å². The van der Waals surface area contributed by atoms with Crippen molar-refractivity contribution in [2.75, 3.05) is 20.2 Å². The lowest BCUT2D eigenvalue weighted by atomic mass is 10.0. The zero-order valence-electron chi connectivity index (χ0n) is 16.5. The van der Waals surface area contributed by atoms with Crippen LogP contribution in [0.25, 0.3) is 0 Å². The van der Waals surface area contributed by atoms with Gasteiger partial charge in [0, 0.05) is 26.4 Å². The molecule has 2 bridgehead atoms. The highest BCUT2D eigenvalue weighted by Gasteiger charge is 2.50. The van der Waals surface area contributed by atoms with Crippen molar-refractivity contribution in [3.8, 4) is 0 Å². The first-order chi connectivity index (χ1) is 13.0. The van der Waals surface area contributed by atoms with Gasteiger partial charge in [0.05, 0.1) is 23.3 Å². The fourth-order valence-electron chi connectivity index (χ4n) is 3.89. The lowest BCUT2D eigenvalue weighted by molar-refractivity contribution is -0.155. The molecule has 28 heavy (non-hydrogen) atoms. The minimum Gasteiger partial charge on any atom is -0.369 e. The average molecular weight is 410 g/mol. The molecule has 2 aliphatic rings. The summed E-state index contributed by atoms with van der Waals surface area (Å²) in [5, 5.41) is 5.16. The molecule has 3 atom stereocenters. The number of amides is 2. The highest BCUT2D eigenvalue weighted by atomic mass is 32.2. The van der Waals surface area contributed by atoms with E-state index in [9.17, 15) is 18.0 Å². The van der Waals surface area contributed by atoms with Gasteiger partial charge in [-0.25, -0.2) is 13.6 Å². The van der Waals surface area contributed by atoms with Gasteiger partial charge in [-0.3, -0.25) is 14.6 Å². The van der Waals surface area contributed by atoms with Gasteiger partial charge < -0.3 is 14.5 Å². The summed E-state index contributed by atoms with van der Waals surface area (Å²) in [6, 6.07) is 1.09. The molecule has 2 saturated heterocycles. The maximum atomic E-state index is 13.0. The Morgan fingerprint density at radius 3 is 2.43 bits per heavy atom. The van der Waals surface area contributed by atoms with Gasteiger partial charge >= 0.3 is 0 Å². The Morgan fingerprint density at radius 1 is 1.32 bits per heavy atom. The second-order valence-electron chi connectivity index (χ2n) is 7.60. The number of likely N-dealkylation sites (tertiary alicyclic amines) is 2. The fourth-order valence-corrected chi connectivity index (χ4v) is 4.37. The number of primary sulfonamides is 1. The van der Waals surface area contributed by atoms with Gasteiger partial charge in [-0.05, 0) is 32.8 Å². The van der Waals surface area contributed by atoms with E-state index < -0.39 is 15.6 Å². The number of ether oxygens (including phenoxy) is 1. The van der Waals surface area contributed by atoms with Crippen LogP contribution in [0.15, 0.2) is 17.2 Å². The van der Waals surface area contributed by atoms with Gasteiger partial charge in [0.1, 0.15) is 10.5 Å². The molecule has 1 unspecified atom stereocenters. The summed E-state index contributed by atoms with van der Waals surface area (Å²) < 4.78 is 28.6. The van der Waals surface area contributed by atoms with Crippen LogP contribution >= 0.6 is 0 Å². The zero-order chi connectivity index (χ0) is 20.9. The SMILES string of the molecule is CCC(C)(OC)C(=O)N1C[C@@H]2C[C@H]1CN2C(=O)c1cc(S(N)(=O)=O)cnc1C. The van der Waals surface area contributed by atoms with Crippen molar-refractivity contribution in [2.45, 2.75) is 56.2 Å². The van der Waals surface area contributed by atoms with Crippen LogP contribution in [0, 0.1) is 6.92 Å². The summed E-state index contributed by atoms with van der Waals surface area (Å²) >= 11 is 0. The summed E-state index contributed by atoms with van der Waals surface area (Å²) in [5.41, 5.74) is -0.220. The number of carbonyl (C=O) groups is 2. The van der Waals surface area contributed by atoms with Gasteiger partial charge in [0.15, 0.2) is 0 Å². The second-order valence-corrected chi connectivity index (χ2v) is 9.16. The van der Waals surface area contributed by atoms with Crippen LogP contribution < -0.4 is 5.14 Å². The number of rotatable bonds is 5. The van der Waals surface area contributed by atoms with Gasteiger partial charge in [-0.15, -0.1) is 0 Å². The molecular weight excluding hydrogens is 384 g/mol. The summed E-state index contributed by atoms with van der Waals surface area (Å²) in [6.45, 7) is 6.17. The number of nitrogens with two attached hydrogens (primary N) is 1. The first-order valence-electron chi connectivity index (χ1n) is 9.18. The van der Waals surface area contributed by atoms with E-state index in [4.69, 9.17) is 9.88 Å². The molecule has 2 fully saturated rings. The molecule has 0 spiro atoms. The molecule has 154 valence electrons. The fraction of sp³-hybridized carbons (Fsp3) is 0.611. The highest BCUT2D eigenvalue weighted by molar-refractivity contribution is 7.89. The van der Waals surface area contributed by atoms with E-state index in [1.54, 1.807) is 23.6 Å². The molecule has 3 heterocycles. The minimum atomic E-state index is -3.95. The quantitative estimate of drug-likeness (QED) is 0.744. The molecule has 0 aliphatic carbocycles. The summed E-state index contributed by atoms with van der Waals surface area (Å²) in [7, 11) is -2.42. The average Bonchev–Trinajstić information content (AvgIpc) is 3.26. The Balaban J connectivity index is 1.80. The van der Waals surface area contributed by atoms with E-state index in [0.717, 1.165) is 6.20 Å². The van der Waals surface area contributed by atoms with Gasteiger partial charge in [0.2, 0.25) is 10.0 Å². The summed E-state index contributed by atoms with van der Waals surface area (Å²) in [6.07, 6.45) is 2.40. The normalized spacial score (nSPS) is 23.8. The predicted molar refractivity (Wildman–Crippen MR) is 101 cm³/mol. The van der Waals surface area contributed by atoms with Crippen molar-refractivity contribution in [1.82, 2.24) is 14.8 Å². The number of nitrogens with zero attached hydrogens (tertiary/aromatic N) is 3. The Kier molecular flexibility index (Phi) is 5.24. The van der Waals surface area contributed by atoms with E-state index in [1.807, 2.05) is 6.92 Å². The Hall–Kier alpha value is -2.04. The van der Waals surface area contributed by atoms with Crippen molar-refractivity contribution in [3.05, 3.63) is 23.5 Å². The van der Waals surface area contributed by atoms with E-state index in [2.05, 4.69) is 4.98 Å². The lowest BCUT2D eigenvalue weighted by Crippen LogP contribution is -2.56. The summed E-state index contributed by atoms with van der Waals surface area (Å²) in [4.78, 5) is 33.2. The molecule has 2 aliphatic heterocycles. The molecular formula is C18H26N4O5S. The predicted octanol–water partition coefficient (Wildman–Crippen LogP) is 0.278. The van der Waals surface area contributed by atoms with E-state index in [-0.39, 0.29) is 34.4 Å². The minimum absolute atomic E-state index is 0.0637. The standard InChI is InChI=1S/C18H26N4O5S/c1-5-18(3,27-4)17(24)22-10-12-6-13(22)9-21(12)16(23)15-7-14(28(19,25)26)8-20-11(15)2/h7-8,12-13H,5-6,9-10H2,1-4H3,(H2,19,25,26)/t12-,13-,18?/m0/s1. The van der Waals surface area contributed by atoms with Crippen molar-refractivity contribution >= 4 is 21.8 Å². The monoisotopic (exact) mass is 410 g/mol. The molecule has 0 aromatic carbocycles. The van der Waals surface area contributed by atoms with Gasteiger partial charge in [-0.1, -0.05) is 6.92 Å². The molecule has 10 heteroatoms. The van der Waals surface area contributed by atoms with Crippen LogP contribution in [-0.2, 0) is 19.6 Å². The van der Waals surface area contributed by atoms with Crippen molar-refractivity contribution < 1.29 is 22.7 Å². The number of aryl methyl sites for hydroxylation is 1. The molecule has 3 rings (SSSR count). The third kappa shape index (κ3) is 3.40. The molecule has 9 nitrogen and oxygen atoms in total. The summed E-state index contributed by atoms with van der Waals surface area (Å²) in [5.74, 6) is -0.355. The van der Waals surface area contributed by atoms with E-state index >= 15 is 0 Å². The van der Waals surface area contributed by atoms with Crippen LogP contribution in [-0.4, -0.2) is 72.9 Å². The van der Waals surface area contributed by atoms with Crippen LogP contribution in [0.5, 0.6) is 0 Å². The van der Waals surface area contributed by atoms with Crippen molar-refractivity contribution in [3.63, 3.8) is 0 Å². The van der Waals surface area contributed by atoms with Crippen molar-refractivity contribution in [2.24, 2.45) is 5.14 Å². The molecule has 1 aromatic rings. The molecule has 0 radical (unpaired) electrons. The van der Waals surface area contributed by atoms with Gasteiger partial charge in [0.25, 0.3) is 11.8 Å². The molecule has 0 saturated carbocycles. The van der Waals surface area contributed by atoms with Crippen LogP contribution in [0.3, 0.4) is 0 Å². The smallest absolute Gasteiger partial charge is 0.256 e. The number of methoxy groups -OCH3 is 1. The zero-order valence-corrected chi connectivity index (χ0v) is 17.3. The third-order valence-electron chi connectivity index (χ3n) is 5.96. The third-order valence-corrected chi connectivity index (χ3v) is 6.84. The van der Waals surface area contributed by atoms with Crippen LogP contribution in [0.4, 0.5) is 0 Å². The molecule has 2 N–H and O–H groups in total. The van der Waals surface area contributed by atoms with Crippen LogP contribution in [0.1, 0.15) is 42.7 Å². The molecule has 1 aromatic heterocycles. The number of sulfonamides is 1. The topological polar surface area (TPSA) is 123 Å². The number of fused-ring (bicyclic) bond motifs is 2.